The Morgan fingerprint density at radius 1 is 1.47 bits per heavy atom. The minimum absolute atomic E-state index is 0.0480. The summed E-state index contributed by atoms with van der Waals surface area (Å²) in [7, 11) is 0. The Balaban J connectivity index is 2.60. The standard InChI is InChI=1S/C14H19NO2/c1-3-8-15-13(10-14(16)17)9-12-6-4-11(2)5-7-12/h3-7,13,15H,1,8-10H2,2H3,(H,16,17). The molecule has 0 heterocycles. The summed E-state index contributed by atoms with van der Waals surface area (Å²) in [6.45, 7) is 6.29. The molecule has 0 aliphatic carbocycles. The summed E-state index contributed by atoms with van der Waals surface area (Å²) < 4.78 is 0. The molecule has 3 heteroatoms. The highest BCUT2D eigenvalue weighted by Gasteiger charge is 2.12. The molecule has 3 nitrogen and oxygen atoms in total. The Labute approximate surface area is 102 Å². The van der Waals surface area contributed by atoms with Gasteiger partial charge in [-0.3, -0.25) is 4.79 Å². The van der Waals surface area contributed by atoms with Crippen LogP contribution in [0.2, 0.25) is 0 Å². The van der Waals surface area contributed by atoms with Crippen molar-refractivity contribution in [1.29, 1.82) is 0 Å². The lowest BCUT2D eigenvalue weighted by molar-refractivity contribution is -0.137. The summed E-state index contributed by atoms with van der Waals surface area (Å²) in [6, 6.07) is 8.12. The molecular formula is C14H19NO2. The second kappa shape index (κ2) is 6.86. The van der Waals surface area contributed by atoms with Crippen LogP contribution in [0.3, 0.4) is 0 Å². The Morgan fingerprint density at radius 2 is 2.12 bits per heavy atom. The van der Waals surface area contributed by atoms with Gasteiger partial charge in [-0.2, -0.15) is 0 Å². The summed E-state index contributed by atoms with van der Waals surface area (Å²) in [6.07, 6.45) is 2.59. The van der Waals surface area contributed by atoms with Crippen LogP contribution < -0.4 is 5.32 Å². The lowest BCUT2D eigenvalue weighted by atomic mass is 10.0. The van der Waals surface area contributed by atoms with Crippen molar-refractivity contribution in [2.75, 3.05) is 6.54 Å². The van der Waals surface area contributed by atoms with E-state index < -0.39 is 5.97 Å². The van der Waals surface area contributed by atoms with Gasteiger partial charge in [-0.1, -0.05) is 35.9 Å². The molecule has 1 unspecified atom stereocenters. The van der Waals surface area contributed by atoms with Crippen molar-refractivity contribution in [3.8, 4) is 0 Å². The number of carbonyl (C=O) groups is 1. The topological polar surface area (TPSA) is 49.3 Å². The fraction of sp³-hybridized carbons (Fsp3) is 0.357. The van der Waals surface area contributed by atoms with Gasteiger partial charge >= 0.3 is 5.97 Å². The maximum Gasteiger partial charge on any atom is 0.304 e. The van der Waals surface area contributed by atoms with E-state index in [0.29, 0.717) is 6.54 Å². The third-order valence-corrected chi connectivity index (χ3v) is 2.57. The van der Waals surface area contributed by atoms with Crippen LogP contribution >= 0.6 is 0 Å². The molecule has 0 aromatic heterocycles. The van der Waals surface area contributed by atoms with E-state index in [9.17, 15) is 4.79 Å². The predicted octanol–water partition coefficient (Wildman–Crippen LogP) is 2.16. The highest BCUT2D eigenvalue weighted by molar-refractivity contribution is 5.67. The molecule has 2 N–H and O–H groups in total. The van der Waals surface area contributed by atoms with E-state index in [2.05, 4.69) is 11.9 Å². The Morgan fingerprint density at radius 3 is 2.65 bits per heavy atom. The Bertz CT molecular complexity index is 370. The SMILES string of the molecule is C=CCNC(CC(=O)O)Cc1ccc(C)cc1. The molecular weight excluding hydrogens is 214 g/mol. The fourth-order valence-electron chi connectivity index (χ4n) is 1.69. The second-order valence-corrected chi connectivity index (χ2v) is 4.18. The maximum atomic E-state index is 10.8. The van der Waals surface area contributed by atoms with Gasteiger partial charge in [0.2, 0.25) is 0 Å². The first-order valence-corrected chi connectivity index (χ1v) is 5.73. The Hall–Kier alpha value is -1.61. The first kappa shape index (κ1) is 13.5. The highest BCUT2D eigenvalue weighted by Crippen LogP contribution is 2.08. The molecule has 0 saturated heterocycles. The number of nitrogens with one attached hydrogen (secondary N) is 1. The Kier molecular flexibility index (Phi) is 5.43. The zero-order valence-electron chi connectivity index (χ0n) is 10.1. The number of aryl methyl sites for hydroxylation is 1. The van der Waals surface area contributed by atoms with Crippen molar-refractivity contribution in [3.05, 3.63) is 48.0 Å². The van der Waals surface area contributed by atoms with Crippen molar-refractivity contribution in [2.45, 2.75) is 25.8 Å². The first-order valence-electron chi connectivity index (χ1n) is 5.73. The summed E-state index contributed by atoms with van der Waals surface area (Å²) in [5.41, 5.74) is 2.36. The van der Waals surface area contributed by atoms with Crippen LogP contribution in [-0.2, 0) is 11.2 Å². The average Bonchev–Trinajstić information content (AvgIpc) is 2.28. The van der Waals surface area contributed by atoms with Crippen molar-refractivity contribution >= 4 is 5.97 Å². The molecule has 1 rings (SSSR count). The number of carboxylic acid groups (broad SMARTS) is 1. The van der Waals surface area contributed by atoms with E-state index in [1.807, 2.05) is 31.2 Å². The lowest BCUT2D eigenvalue weighted by Crippen LogP contribution is -2.33. The molecule has 92 valence electrons. The number of aliphatic carboxylic acids is 1. The molecule has 0 saturated carbocycles. The van der Waals surface area contributed by atoms with E-state index >= 15 is 0 Å². The molecule has 17 heavy (non-hydrogen) atoms. The number of rotatable bonds is 7. The van der Waals surface area contributed by atoms with Crippen molar-refractivity contribution in [1.82, 2.24) is 5.32 Å². The van der Waals surface area contributed by atoms with Crippen LogP contribution in [0.15, 0.2) is 36.9 Å². The van der Waals surface area contributed by atoms with Gasteiger partial charge in [0.25, 0.3) is 0 Å². The van der Waals surface area contributed by atoms with Crippen molar-refractivity contribution in [2.24, 2.45) is 0 Å². The van der Waals surface area contributed by atoms with Crippen LogP contribution in [0.1, 0.15) is 17.5 Å². The molecule has 0 spiro atoms. The summed E-state index contributed by atoms with van der Waals surface area (Å²) in [4.78, 5) is 10.8. The predicted molar refractivity (Wildman–Crippen MR) is 69.1 cm³/mol. The lowest BCUT2D eigenvalue weighted by Gasteiger charge is -2.16. The molecule has 0 aliphatic rings. The van der Waals surface area contributed by atoms with E-state index in [4.69, 9.17) is 5.11 Å². The van der Waals surface area contributed by atoms with Gasteiger partial charge < -0.3 is 10.4 Å². The molecule has 0 amide bonds. The first-order chi connectivity index (χ1) is 8.11. The van der Waals surface area contributed by atoms with Gasteiger partial charge in [-0.15, -0.1) is 6.58 Å². The maximum absolute atomic E-state index is 10.8. The summed E-state index contributed by atoms with van der Waals surface area (Å²) >= 11 is 0. The second-order valence-electron chi connectivity index (χ2n) is 4.18. The van der Waals surface area contributed by atoms with Gasteiger partial charge in [0.1, 0.15) is 0 Å². The van der Waals surface area contributed by atoms with Gasteiger partial charge in [0.15, 0.2) is 0 Å². The molecule has 0 bridgehead atoms. The monoisotopic (exact) mass is 233 g/mol. The van der Waals surface area contributed by atoms with E-state index in [0.717, 1.165) is 12.0 Å². The number of hydrogen-bond donors (Lipinski definition) is 2. The number of carboxylic acids is 1. The van der Waals surface area contributed by atoms with E-state index in [1.54, 1.807) is 6.08 Å². The van der Waals surface area contributed by atoms with Crippen LogP contribution in [0.5, 0.6) is 0 Å². The third kappa shape index (κ3) is 5.31. The molecule has 1 aromatic carbocycles. The minimum Gasteiger partial charge on any atom is -0.481 e. The molecule has 1 atom stereocenters. The van der Waals surface area contributed by atoms with Crippen molar-refractivity contribution < 1.29 is 9.90 Å². The van der Waals surface area contributed by atoms with Crippen LogP contribution in [0, 0.1) is 6.92 Å². The van der Waals surface area contributed by atoms with Gasteiger partial charge in [-0.05, 0) is 18.9 Å². The third-order valence-electron chi connectivity index (χ3n) is 2.57. The zero-order valence-corrected chi connectivity index (χ0v) is 10.1. The van der Waals surface area contributed by atoms with Gasteiger partial charge in [0.05, 0.1) is 6.42 Å². The molecule has 0 aliphatic heterocycles. The van der Waals surface area contributed by atoms with E-state index in [1.165, 1.54) is 5.56 Å². The minimum atomic E-state index is -0.779. The quantitative estimate of drug-likeness (QED) is 0.709. The van der Waals surface area contributed by atoms with E-state index in [-0.39, 0.29) is 12.5 Å². The molecule has 0 fully saturated rings. The molecule has 1 aromatic rings. The van der Waals surface area contributed by atoms with Crippen molar-refractivity contribution in [3.63, 3.8) is 0 Å². The van der Waals surface area contributed by atoms with Crippen LogP contribution in [0.25, 0.3) is 0 Å². The zero-order chi connectivity index (χ0) is 12.7. The van der Waals surface area contributed by atoms with Gasteiger partial charge in [0, 0.05) is 12.6 Å². The average molecular weight is 233 g/mol. The van der Waals surface area contributed by atoms with Crippen LogP contribution in [0.4, 0.5) is 0 Å². The van der Waals surface area contributed by atoms with Crippen LogP contribution in [-0.4, -0.2) is 23.7 Å². The largest absolute Gasteiger partial charge is 0.481 e. The number of hydrogen-bond acceptors (Lipinski definition) is 2. The smallest absolute Gasteiger partial charge is 0.304 e. The molecule has 0 radical (unpaired) electrons. The fourth-order valence-corrected chi connectivity index (χ4v) is 1.69. The highest BCUT2D eigenvalue weighted by atomic mass is 16.4. The normalized spacial score (nSPS) is 12.1. The summed E-state index contributed by atoms with van der Waals surface area (Å²) in [5, 5.41) is 12.0. The summed E-state index contributed by atoms with van der Waals surface area (Å²) in [5.74, 6) is -0.779. The van der Waals surface area contributed by atoms with Gasteiger partial charge in [-0.25, -0.2) is 0 Å². The number of benzene rings is 1.